The van der Waals surface area contributed by atoms with E-state index in [2.05, 4.69) is 47.6 Å². The lowest BCUT2D eigenvalue weighted by Crippen LogP contribution is -2.51. The second-order valence-corrected chi connectivity index (χ2v) is 13.7. The molecular formula is C32H56O. The third-order valence-electron chi connectivity index (χ3n) is 11.4. The van der Waals surface area contributed by atoms with Gasteiger partial charge in [-0.25, -0.2) is 0 Å². The minimum absolute atomic E-state index is 0.467. The lowest BCUT2D eigenvalue weighted by molar-refractivity contribution is -0.0641. The summed E-state index contributed by atoms with van der Waals surface area (Å²) in [6.45, 7) is 16.0. The Bertz CT molecular complexity index is 663. The molecule has 0 amide bonds. The van der Waals surface area contributed by atoms with E-state index < -0.39 is 0 Å². The van der Waals surface area contributed by atoms with Crippen molar-refractivity contribution in [3.63, 3.8) is 0 Å². The van der Waals surface area contributed by atoms with Crippen LogP contribution in [0.15, 0.2) is 11.6 Å². The molecule has 0 bridgehead atoms. The van der Waals surface area contributed by atoms with E-state index in [0.29, 0.717) is 16.9 Å². The number of unbranched alkanes of at least 4 members (excludes halogenated alkanes) is 2. The fraction of sp³-hybridized carbons (Fsp3) is 0.938. The summed E-state index contributed by atoms with van der Waals surface area (Å²) in [4.78, 5) is 0. The molecule has 0 spiro atoms. The largest absolute Gasteiger partial charge is 0.378 e. The molecule has 190 valence electrons. The van der Waals surface area contributed by atoms with Crippen molar-refractivity contribution in [3.05, 3.63) is 11.6 Å². The van der Waals surface area contributed by atoms with Crippen molar-refractivity contribution in [2.45, 2.75) is 138 Å². The molecular weight excluding hydrogens is 400 g/mol. The van der Waals surface area contributed by atoms with Gasteiger partial charge in [-0.2, -0.15) is 0 Å². The van der Waals surface area contributed by atoms with E-state index in [-0.39, 0.29) is 0 Å². The topological polar surface area (TPSA) is 9.23 Å². The summed E-state index contributed by atoms with van der Waals surface area (Å²) in [6, 6.07) is 0. The number of fused-ring (bicyclic) bond motifs is 5. The van der Waals surface area contributed by atoms with Crippen molar-refractivity contribution in [1.29, 1.82) is 0 Å². The number of rotatable bonds is 10. The lowest BCUT2D eigenvalue weighted by atomic mass is 9.47. The summed E-state index contributed by atoms with van der Waals surface area (Å²) in [5.74, 6) is 5.62. The second kappa shape index (κ2) is 10.8. The molecule has 3 saturated carbocycles. The van der Waals surface area contributed by atoms with E-state index in [1.54, 1.807) is 5.57 Å². The van der Waals surface area contributed by atoms with Crippen molar-refractivity contribution >= 4 is 0 Å². The zero-order valence-corrected chi connectivity index (χ0v) is 23.1. The molecule has 4 aliphatic carbocycles. The van der Waals surface area contributed by atoms with Crippen molar-refractivity contribution in [2.24, 2.45) is 46.3 Å². The van der Waals surface area contributed by atoms with Crippen molar-refractivity contribution in [1.82, 2.24) is 0 Å². The number of hydrogen-bond acceptors (Lipinski definition) is 1. The Kier molecular flexibility index (Phi) is 8.40. The maximum Gasteiger partial charge on any atom is 0.0612 e. The molecule has 3 unspecified atom stereocenters. The van der Waals surface area contributed by atoms with E-state index in [1.165, 1.54) is 89.9 Å². The molecule has 0 radical (unpaired) electrons. The van der Waals surface area contributed by atoms with Crippen LogP contribution >= 0.6 is 0 Å². The van der Waals surface area contributed by atoms with Gasteiger partial charge in [0.2, 0.25) is 0 Å². The van der Waals surface area contributed by atoms with Gasteiger partial charge in [0.25, 0.3) is 0 Å². The molecule has 8 atom stereocenters. The minimum atomic E-state index is 0.467. The molecule has 0 aromatic carbocycles. The molecule has 0 saturated heterocycles. The first-order chi connectivity index (χ1) is 15.8. The Labute approximate surface area is 206 Å². The quantitative estimate of drug-likeness (QED) is 0.235. The SMILES string of the molecule is CCCCCO[C@H]1CC[C@@]2(C)C(=CCC3C2CC[C@@]2(C)C3CC[C@@H]2[C@H](C)CCCC(C)C)C1. The van der Waals surface area contributed by atoms with Crippen LogP contribution in [0.3, 0.4) is 0 Å². The molecule has 0 aromatic rings. The highest BCUT2D eigenvalue weighted by molar-refractivity contribution is 5.25. The van der Waals surface area contributed by atoms with Gasteiger partial charge in [0.15, 0.2) is 0 Å². The normalized spacial score (nSPS) is 41.3. The average molecular weight is 457 g/mol. The Morgan fingerprint density at radius 1 is 0.939 bits per heavy atom. The fourth-order valence-electron chi connectivity index (χ4n) is 9.40. The van der Waals surface area contributed by atoms with Gasteiger partial charge >= 0.3 is 0 Å². The predicted molar refractivity (Wildman–Crippen MR) is 142 cm³/mol. The summed E-state index contributed by atoms with van der Waals surface area (Å²) >= 11 is 0. The van der Waals surface area contributed by atoms with E-state index >= 15 is 0 Å². The van der Waals surface area contributed by atoms with E-state index in [9.17, 15) is 0 Å². The second-order valence-electron chi connectivity index (χ2n) is 13.7. The van der Waals surface area contributed by atoms with E-state index in [4.69, 9.17) is 4.74 Å². The van der Waals surface area contributed by atoms with E-state index in [1.807, 2.05) is 0 Å². The van der Waals surface area contributed by atoms with Crippen molar-refractivity contribution in [3.8, 4) is 0 Å². The van der Waals surface area contributed by atoms with Gasteiger partial charge in [0.05, 0.1) is 6.10 Å². The molecule has 0 aromatic heterocycles. The monoisotopic (exact) mass is 456 g/mol. The Balaban J connectivity index is 1.40. The van der Waals surface area contributed by atoms with Crippen LogP contribution in [-0.4, -0.2) is 12.7 Å². The van der Waals surface area contributed by atoms with Crippen LogP contribution in [0.2, 0.25) is 0 Å². The lowest BCUT2D eigenvalue weighted by Gasteiger charge is -2.58. The maximum absolute atomic E-state index is 6.35. The van der Waals surface area contributed by atoms with Gasteiger partial charge in [-0.3, -0.25) is 0 Å². The van der Waals surface area contributed by atoms with Crippen LogP contribution in [0, 0.1) is 46.3 Å². The summed E-state index contributed by atoms with van der Waals surface area (Å²) < 4.78 is 6.35. The first-order valence-electron chi connectivity index (χ1n) is 15.1. The van der Waals surface area contributed by atoms with Gasteiger partial charge in [-0.1, -0.05) is 85.3 Å². The smallest absolute Gasteiger partial charge is 0.0612 e. The fourth-order valence-corrected chi connectivity index (χ4v) is 9.40. The van der Waals surface area contributed by atoms with Crippen LogP contribution in [0.4, 0.5) is 0 Å². The van der Waals surface area contributed by atoms with Crippen LogP contribution in [0.25, 0.3) is 0 Å². The van der Waals surface area contributed by atoms with Crippen molar-refractivity contribution in [2.75, 3.05) is 6.61 Å². The van der Waals surface area contributed by atoms with E-state index in [0.717, 1.165) is 42.1 Å². The summed E-state index contributed by atoms with van der Waals surface area (Å²) in [5, 5.41) is 0. The highest BCUT2D eigenvalue weighted by Gasteiger charge is 2.59. The standard InChI is InChI=1S/C32H56O/c1-7-8-9-21-33-26-17-19-31(5)25(22-26)13-14-27-29-16-15-28(24(4)12-10-11-23(2)3)32(29,6)20-18-30(27)31/h13,23-24,26-30H,7-12,14-22H2,1-6H3/t24-,26+,27?,28-,29?,30?,31+,32-/m1/s1. The zero-order valence-electron chi connectivity index (χ0n) is 23.1. The van der Waals surface area contributed by atoms with Crippen LogP contribution in [0.1, 0.15) is 131 Å². The van der Waals surface area contributed by atoms with Gasteiger partial charge in [0.1, 0.15) is 0 Å². The van der Waals surface area contributed by atoms with Crippen LogP contribution in [-0.2, 0) is 4.74 Å². The first kappa shape index (κ1) is 25.8. The van der Waals surface area contributed by atoms with Crippen LogP contribution < -0.4 is 0 Å². The Morgan fingerprint density at radius 2 is 1.76 bits per heavy atom. The van der Waals surface area contributed by atoms with Gasteiger partial charge in [0, 0.05) is 6.61 Å². The predicted octanol–water partition coefficient (Wildman–Crippen LogP) is 9.60. The molecule has 0 N–H and O–H groups in total. The Hall–Kier alpha value is -0.300. The molecule has 1 nitrogen and oxygen atoms in total. The van der Waals surface area contributed by atoms with Gasteiger partial charge < -0.3 is 4.74 Å². The molecule has 3 fully saturated rings. The number of ether oxygens (including phenoxy) is 1. The summed E-state index contributed by atoms with van der Waals surface area (Å²) in [5.41, 5.74) is 2.87. The third-order valence-corrected chi connectivity index (χ3v) is 11.4. The summed E-state index contributed by atoms with van der Waals surface area (Å²) in [7, 11) is 0. The van der Waals surface area contributed by atoms with Crippen LogP contribution in [0.5, 0.6) is 0 Å². The molecule has 1 heteroatoms. The third kappa shape index (κ3) is 5.15. The maximum atomic E-state index is 6.35. The van der Waals surface area contributed by atoms with Gasteiger partial charge in [-0.05, 0) is 104 Å². The minimum Gasteiger partial charge on any atom is -0.378 e. The van der Waals surface area contributed by atoms with Crippen molar-refractivity contribution < 1.29 is 4.74 Å². The average Bonchev–Trinajstić information content (AvgIpc) is 3.14. The highest BCUT2D eigenvalue weighted by Crippen LogP contribution is 2.67. The molecule has 4 rings (SSSR count). The van der Waals surface area contributed by atoms with Gasteiger partial charge in [-0.15, -0.1) is 0 Å². The number of hydrogen-bond donors (Lipinski definition) is 0. The zero-order chi connectivity index (χ0) is 23.6. The summed E-state index contributed by atoms with van der Waals surface area (Å²) in [6.07, 6.45) is 22.6. The molecule has 33 heavy (non-hydrogen) atoms. The highest BCUT2D eigenvalue weighted by atomic mass is 16.5. The number of allylic oxidation sites excluding steroid dienone is 1. The Morgan fingerprint density at radius 3 is 2.52 bits per heavy atom. The molecule has 0 heterocycles. The first-order valence-corrected chi connectivity index (χ1v) is 15.1. The molecule has 0 aliphatic heterocycles. The molecule has 4 aliphatic rings.